The molecule has 9 nitrogen and oxygen atoms in total. The fourth-order valence-electron chi connectivity index (χ4n) is 5.22. The molecular weight excluding hydrogens is 590 g/mol. The summed E-state index contributed by atoms with van der Waals surface area (Å²) >= 11 is 0. The van der Waals surface area contributed by atoms with Gasteiger partial charge in [0.1, 0.15) is 0 Å². The Kier molecular flexibility index (Phi) is 12.7. The molecule has 1 saturated heterocycles. The number of anilines is 1. The molecule has 1 unspecified atom stereocenters. The Hall–Kier alpha value is -3.99. The van der Waals surface area contributed by atoms with Crippen molar-refractivity contribution in [3.8, 4) is 0 Å². The number of ether oxygens (including phenoxy) is 1. The number of hydrogen-bond donors (Lipinski definition) is 2. The van der Waals surface area contributed by atoms with Crippen LogP contribution in [-0.4, -0.2) is 33.1 Å². The molecule has 2 amide bonds. The molecule has 4 rings (SSSR count). The summed E-state index contributed by atoms with van der Waals surface area (Å²) in [6.45, 7) is 4.47. The Morgan fingerprint density at radius 3 is 2.18 bits per heavy atom. The predicted octanol–water partition coefficient (Wildman–Crippen LogP) is 6.01. The van der Waals surface area contributed by atoms with Crippen LogP contribution in [0.2, 0.25) is 0 Å². The lowest BCUT2D eigenvalue weighted by molar-refractivity contribution is -0.203. The van der Waals surface area contributed by atoms with Crippen LogP contribution in [0.25, 0.3) is 6.08 Å². The lowest BCUT2D eigenvalue weighted by Gasteiger charge is -2.31. The van der Waals surface area contributed by atoms with Crippen LogP contribution in [0.5, 0.6) is 0 Å². The van der Waals surface area contributed by atoms with Gasteiger partial charge in [0, 0.05) is 13.0 Å². The van der Waals surface area contributed by atoms with Crippen molar-refractivity contribution in [2.24, 2.45) is 17.8 Å². The number of sulfonamides is 1. The molecule has 2 N–H and O–H groups in total. The number of amides is 2. The van der Waals surface area contributed by atoms with Crippen molar-refractivity contribution in [3.63, 3.8) is 0 Å². The summed E-state index contributed by atoms with van der Waals surface area (Å²) in [7, 11) is -4.06. The minimum atomic E-state index is -4.06. The summed E-state index contributed by atoms with van der Waals surface area (Å²) in [6, 6.07) is 26.8. The first-order valence-electron chi connectivity index (χ1n) is 15.4. The van der Waals surface area contributed by atoms with Gasteiger partial charge in [0.2, 0.25) is 11.8 Å². The topological polar surface area (TPSA) is 114 Å². The van der Waals surface area contributed by atoms with Gasteiger partial charge in [-0.15, -0.1) is 0 Å². The summed E-state index contributed by atoms with van der Waals surface area (Å²) in [5.74, 6) is -3.07. The maximum absolute atomic E-state index is 14.2. The molecule has 10 heteroatoms. The van der Waals surface area contributed by atoms with Crippen LogP contribution in [0.3, 0.4) is 0 Å². The number of para-hydroxylation sites is 1. The van der Waals surface area contributed by atoms with Crippen molar-refractivity contribution in [2.45, 2.75) is 58.0 Å². The first kappa shape index (κ1) is 33.9. The number of allylic oxidation sites excluding steroid dienone is 1. The molecule has 0 aromatic heterocycles. The molecule has 3 aromatic carbocycles. The van der Waals surface area contributed by atoms with Gasteiger partial charge in [0.15, 0.2) is 6.29 Å². The number of hydroxylamine groups is 1. The van der Waals surface area contributed by atoms with E-state index in [1.807, 2.05) is 62.4 Å². The van der Waals surface area contributed by atoms with Crippen molar-refractivity contribution in [1.82, 2.24) is 10.9 Å². The highest BCUT2D eigenvalue weighted by Gasteiger charge is 2.37. The number of nitrogens with one attached hydrogen (secondary N) is 2. The van der Waals surface area contributed by atoms with E-state index < -0.39 is 40.0 Å². The van der Waals surface area contributed by atoms with Crippen LogP contribution in [0, 0.1) is 17.8 Å². The molecule has 1 aliphatic rings. The molecule has 3 atom stereocenters. The van der Waals surface area contributed by atoms with E-state index in [1.165, 1.54) is 0 Å². The van der Waals surface area contributed by atoms with Gasteiger partial charge in [-0.2, -0.15) is 4.41 Å². The average molecular weight is 634 g/mol. The number of hydrogen-bond acceptors (Lipinski definition) is 6. The third-order valence-electron chi connectivity index (χ3n) is 7.49. The Bertz CT molecular complexity index is 1480. The van der Waals surface area contributed by atoms with Crippen molar-refractivity contribution >= 4 is 33.6 Å². The van der Waals surface area contributed by atoms with Crippen molar-refractivity contribution in [3.05, 3.63) is 108 Å². The number of benzene rings is 3. The smallest absolute Gasteiger partial charge is 0.256 e. The molecule has 1 heterocycles. The van der Waals surface area contributed by atoms with Gasteiger partial charge >= 0.3 is 0 Å². The first-order chi connectivity index (χ1) is 21.7. The third-order valence-corrected chi connectivity index (χ3v) is 9.04. The van der Waals surface area contributed by atoms with Crippen LogP contribution in [0.4, 0.5) is 5.69 Å². The molecule has 0 bridgehead atoms. The van der Waals surface area contributed by atoms with Gasteiger partial charge in [0.25, 0.3) is 10.0 Å². The monoisotopic (exact) mass is 633 g/mol. The van der Waals surface area contributed by atoms with E-state index in [4.69, 9.17) is 9.57 Å². The quantitative estimate of drug-likeness (QED) is 0.198. The highest BCUT2D eigenvalue weighted by atomic mass is 32.2. The zero-order valence-electron chi connectivity index (χ0n) is 25.9. The molecule has 0 spiro atoms. The number of rotatable bonds is 15. The van der Waals surface area contributed by atoms with Crippen LogP contribution in [0.15, 0.2) is 97.1 Å². The van der Waals surface area contributed by atoms with Gasteiger partial charge in [-0.3, -0.25) is 15.0 Å². The number of nitrogens with zero attached hydrogens (tertiary/aromatic N) is 1. The van der Waals surface area contributed by atoms with E-state index >= 15 is 0 Å². The second-order valence-corrected chi connectivity index (χ2v) is 13.4. The average Bonchev–Trinajstić information content (AvgIpc) is 3.05. The van der Waals surface area contributed by atoms with Crippen molar-refractivity contribution < 1.29 is 27.6 Å². The number of hydrazine groups is 1. The second-order valence-electron chi connectivity index (χ2n) is 11.6. The van der Waals surface area contributed by atoms with Gasteiger partial charge < -0.3 is 4.74 Å². The summed E-state index contributed by atoms with van der Waals surface area (Å²) in [5, 5.41) is 0. The maximum Gasteiger partial charge on any atom is 0.256 e. The molecule has 0 saturated carbocycles. The molecule has 45 heavy (non-hydrogen) atoms. The Labute approximate surface area is 266 Å². The van der Waals surface area contributed by atoms with E-state index in [1.54, 1.807) is 54.6 Å². The van der Waals surface area contributed by atoms with E-state index in [9.17, 15) is 18.0 Å². The summed E-state index contributed by atoms with van der Waals surface area (Å²) in [4.78, 5) is 33.5. The normalized spacial score (nSPS) is 16.6. The zero-order chi connectivity index (χ0) is 32.1. The minimum Gasteiger partial charge on any atom is -0.350 e. The molecule has 1 aliphatic heterocycles. The minimum absolute atomic E-state index is 0.0304. The predicted molar refractivity (Wildman–Crippen MR) is 175 cm³/mol. The maximum atomic E-state index is 14.2. The number of carbonyl (C=O) groups is 2. The van der Waals surface area contributed by atoms with E-state index in [-0.39, 0.29) is 23.8 Å². The van der Waals surface area contributed by atoms with Crippen molar-refractivity contribution in [1.29, 1.82) is 0 Å². The lowest BCUT2D eigenvalue weighted by atomic mass is 9.82. The van der Waals surface area contributed by atoms with Crippen LogP contribution in [0.1, 0.15) is 57.1 Å². The molecule has 3 aromatic rings. The van der Waals surface area contributed by atoms with Gasteiger partial charge in [-0.05, 0) is 54.9 Å². The molecule has 0 aliphatic carbocycles. The Morgan fingerprint density at radius 2 is 1.56 bits per heavy atom. The summed E-state index contributed by atoms with van der Waals surface area (Å²) in [5.41, 5.74) is 7.05. The van der Waals surface area contributed by atoms with Crippen LogP contribution in [-0.2, 0) is 34.9 Å². The molecule has 1 fully saturated rings. The molecule has 0 radical (unpaired) electrons. The number of carbonyl (C=O) groups excluding carboxylic acids is 2. The first-order valence-corrected chi connectivity index (χ1v) is 17.0. The largest absolute Gasteiger partial charge is 0.350 e. The fourth-order valence-corrected chi connectivity index (χ4v) is 6.64. The SMILES string of the molecule is CC(C)CC(C(=O)NN(c1ccccc1)S(=O)(=O)Cc1ccccc1)[C@@H](CC=Cc1ccccc1)C(=O)NO[C@H]1CCCCO1. The second kappa shape index (κ2) is 16.9. The molecular formula is C35H43N3O6S. The van der Waals surface area contributed by atoms with Crippen molar-refractivity contribution in [2.75, 3.05) is 11.0 Å². The van der Waals surface area contributed by atoms with Gasteiger partial charge in [-0.25, -0.2) is 18.7 Å². The summed E-state index contributed by atoms with van der Waals surface area (Å²) in [6.07, 6.45) is 6.27. The van der Waals surface area contributed by atoms with Gasteiger partial charge in [0.05, 0.1) is 23.3 Å². The Balaban J connectivity index is 1.62. The summed E-state index contributed by atoms with van der Waals surface area (Å²) < 4.78 is 34.1. The highest BCUT2D eigenvalue weighted by molar-refractivity contribution is 7.92. The van der Waals surface area contributed by atoms with E-state index in [0.29, 0.717) is 25.0 Å². The van der Waals surface area contributed by atoms with E-state index in [2.05, 4.69) is 10.9 Å². The van der Waals surface area contributed by atoms with Gasteiger partial charge in [-0.1, -0.05) is 105 Å². The fraction of sp³-hybridized carbons (Fsp3) is 0.371. The highest BCUT2D eigenvalue weighted by Crippen LogP contribution is 2.27. The standard InChI is InChI=1S/C35H43N3O6S/c1-27(2)25-32(31(22-14-19-28-15-6-3-7-16-28)35(40)37-44-33-23-12-13-24-43-33)34(39)36-38(30-20-10-5-11-21-30)45(41,42)26-29-17-8-4-9-18-29/h3-11,14-21,27,31-33H,12-13,22-26H2,1-2H3,(H,36,39)(H,37,40)/t31-,32?,33+/m1/s1. The zero-order valence-corrected chi connectivity index (χ0v) is 26.7. The molecule has 240 valence electrons. The van der Waals surface area contributed by atoms with E-state index in [0.717, 1.165) is 22.8 Å². The van der Waals surface area contributed by atoms with Crippen LogP contribution < -0.4 is 15.3 Å². The Morgan fingerprint density at radius 1 is 0.911 bits per heavy atom. The third kappa shape index (κ3) is 10.6. The van der Waals surface area contributed by atoms with Crippen LogP contribution >= 0.6 is 0 Å². The lowest BCUT2D eigenvalue weighted by Crippen LogP contribution is -2.52.